The quantitative estimate of drug-likeness (QED) is 0.897. The maximum Gasteiger partial charge on any atom is 0.573 e. The lowest BCUT2D eigenvalue weighted by atomic mass is 10.2. The van der Waals surface area contributed by atoms with E-state index in [9.17, 15) is 18.0 Å². The molecule has 0 saturated carbocycles. The van der Waals surface area contributed by atoms with Gasteiger partial charge in [0.15, 0.2) is 0 Å². The standard InChI is InChI=1S/C11H7F3N2O2/c12-11(13,14)18-8-3-1-2-7(6-8)10-15-5-4-9(17)16-10/h1-6H,(H,15,16,17). The van der Waals surface area contributed by atoms with Gasteiger partial charge in [0.25, 0.3) is 5.56 Å². The molecule has 1 heterocycles. The van der Waals surface area contributed by atoms with Crippen LogP contribution in [0.3, 0.4) is 0 Å². The van der Waals surface area contributed by atoms with Crippen LogP contribution in [-0.2, 0) is 0 Å². The molecule has 7 heteroatoms. The van der Waals surface area contributed by atoms with Crippen LogP contribution >= 0.6 is 0 Å². The largest absolute Gasteiger partial charge is 0.573 e. The molecule has 18 heavy (non-hydrogen) atoms. The lowest BCUT2D eigenvalue weighted by Gasteiger charge is -2.09. The number of alkyl halides is 3. The van der Waals surface area contributed by atoms with Crippen molar-refractivity contribution in [3.05, 3.63) is 46.9 Å². The summed E-state index contributed by atoms with van der Waals surface area (Å²) in [6, 6.07) is 6.41. The highest BCUT2D eigenvalue weighted by molar-refractivity contribution is 5.56. The summed E-state index contributed by atoms with van der Waals surface area (Å²) < 4.78 is 39.9. The normalized spacial score (nSPS) is 11.3. The van der Waals surface area contributed by atoms with Crippen molar-refractivity contribution in [3.63, 3.8) is 0 Å². The van der Waals surface area contributed by atoms with Crippen LogP contribution in [0.2, 0.25) is 0 Å². The minimum atomic E-state index is -4.75. The molecule has 1 N–H and O–H groups in total. The first kappa shape index (κ1) is 12.2. The van der Waals surface area contributed by atoms with E-state index in [0.29, 0.717) is 5.56 Å². The molecular weight excluding hydrogens is 249 g/mol. The first-order valence-corrected chi connectivity index (χ1v) is 4.85. The molecule has 0 unspecified atom stereocenters. The lowest BCUT2D eigenvalue weighted by molar-refractivity contribution is -0.274. The van der Waals surface area contributed by atoms with Gasteiger partial charge in [0.2, 0.25) is 0 Å². The summed E-state index contributed by atoms with van der Waals surface area (Å²) in [7, 11) is 0. The summed E-state index contributed by atoms with van der Waals surface area (Å²) in [6.07, 6.45) is -3.48. The van der Waals surface area contributed by atoms with Gasteiger partial charge >= 0.3 is 6.36 Å². The number of ether oxygens (including phenoxy) is 1. The Bertz CT molecular complexity index is 607. The van der Waals surface area contributed by atoms with Crippen molar-refractivity contribution in [3.8, 4) is 17.1 Å². The van der Waals surface area contributed by atoms with Crippen LogP contribution in [0.4, 0.5) is 13.2 Å². The third-order valence-corrected chi connectivity index (χ3v) is 2.01. The maximum atomic E-state index is 12.0. The van der Waals surface area contributed by atoms with Gasteiger partial charge in [-0.2, -0.15) is 0 Å². The number of nitrogens with one attached hydrogen (secondary N) is 1. The topological polar surface area (TPSA) is 55.0 Å². The van der Waals surface area contributed by atoms with E-state index < -0.39 is 6.36 Å². The van der Waals surface area contributed by atoms with Crippen LogP contribution in [-0.4, -0.2) is 16.3 Å². The number of benzene rings is 1. The monoisotopic (exact) mass is 256 g/mol. The van der Waals surface area contributed by atoms with Crippen molar-refractivity contribution < 1.29 is 17.9 Å². The molecule has 0 saturated heterocycles. The summed E-state index contributed by atoms with van der Waals surface area (Å²) in [5.74, 6) is -0.193. The molecule has 0 bridgehead atoms. The molecule has 0 atom stereocenters. The number of halogens is 3. The fourth-order valence-corrected chi connectivity index (χ4v) is 1.36. The van der Waals surface area contributed by atoms with E-state index in [1.165, 1.54) is 24.4 Å². The number of rotatable bonds is 2. The average Bonchev–Trinajstić information content (AvgIpc) is 2.27. The molecule has 0 radical (unpaired) electrons. The van der Waals surface area contributed by atoms with Gasteiger partial charge in [-0.25, -0.2) is 4.98 Å². The number of aromatic nitrogens is 2. The molecule has 1 aromatic carbocycles. The van der Waals surface area contributed by atoms with Gasteiger partial charge in [0.05, 0.1) is 0 Å². The second-order valence-electron chi connectivity index (χ2n) is 3.36. The molecule has 0 amide bonds. The Hall–Kier alpha value is -2.31. The van der Waals surface area contributed by atoms with Gasteiger partial charge in [-0.3, -0.25) is 4.79 Å². The minimum absolute atomic E-state index is 0.176. The van der Waals surface area contributed by atoms with Crippen LogP contribution in [0.25, 0.3) is 11.4 Å². The summed E-state index contributed by atoms with van der Waals surface area (Å²) in [4.78, 5) is 17.3. The Morgan fingerprint density at radius 1 is 1.22 bits per heavy atom. The first-order valence-electron chi connectivity index (χ1n) is 4.85. The minimum Gasteiger partial charge on any atom is -0.406 e. The van der Waals surface area contributed by atoms with Crippen LogP contribution in [0, 0.1) is 0 Å². The number of aromatic amines is 1. The van der Waals surface area contributed by atoms with E-state index in [1.807, 2.05) is 0 Å². The van der Waals surface area contributed by atoms with Crippen molar-refractivity contribution in [1.29, 1.82) is 0 Å². The summed E-state index contributed by atoms with van der Waals surface area (Å²) in [5.41, 5.74) is -0.0587. The summed E-state index contributed by atoms with van der Waals surface area (Å²) in [6.45, 7) is 0. The molecule has 0 aliphatic rings. The predicted molar refractivity (Wildman–Crippen MR) is 57.0 cm³/mol. The number of hydrogen-bond donors (Lipinski definition) is 1. The molecule has 0 fully saturated rings. The number of H-pyrrole nitrogens is 1. The lowest BCUT2D eigenvalue weighted by Crippen LogP contribution is -2.17. The Morgan fingerprint density at radius 3 is 2.67 bits per heavy atom. The number of nitrogens with zero attached hydrogens (tertiary/aromatic N) is 1. The van der Waals surface area contributed by atoms with Crippen LogP contribution < -0.4 is 10.3 Å². The molecule has 0 spiro atoms. The number of hydrogen-bond acceptors (Lipinski definition) is 3. The molecule has 0 aliphatic heterocycles. The zero-order valence-corrected chi connectivity index (χ0v) is 8.86. The Labute approximate surface area is 99.1 Å². The van der Waals surface area contributed by atoms with Crippen LogP contribution in [0.5, 0.6) is 5.75 Å². The van der Waals surface area contributed by atoms with E-state index in [0.717, 1.165) is 12.1 Å². The van der Waals surface area contributed by atoms with Crippen molar-refractivity contribution >= 4 is 0 Å². The summed E-state index contributed by atoms with van der Waals surface area (Å²) in [5, 5.41) is 0. The van der Waals surface area contributed by atoms with Crippen LogP contribution in [0.1, 0.15) is 0 Å². The smallest absolute Gasteiger partial charge is 0.406 e. The third-order valence-electron chi connectivity index (χ3n) is 2.01. The van der Waals surface area contributed by atoms with Gasteiger partial charge < -0.3 is 9.72 Å². The zero-order valence-electron chi connectivity index (χ0n) is 8.86. The van der Waals surface area contributed by atoms with Gasteiger partial charge in [-0.15, -0.1) is 13.2 Å². The van der Waals surface area contributed by atoms with Crippen molar-refractivity contribution in [2.24, 2.45) is 0 Å². The van der Waals surface area contributed by atoms with Gasteiger partial charge in [0.1, 0.15) is 11.6 Å². The van der Waals surface area contributed by atoms with E-state index in [4.69, 9.17) is 0 Å². The fourth-order valence-electron chi connectivity index (χ4n) is 1.36. The molecule has 2 rings (SSSR count). The molecule has 94 valence electrons. The molecule has 2 aromatic rings. The van der Waals surface area contributed by atoms with Crippen LogP contribution in [0.15, 0.2) is 41.3 Å². The Morgan fingerprint density at radius 2 is 2.00 bits per heavy atom. The SMILES string of the molecule is O=c1ccnc(-c2cccc(OC(F)(F)F)c2)[nH]1. The molecule has 4 nitrogen and oxygen atoms in total. The fraction of sp³-hybridized carbons (Fsp3) is 0.0909. The maximum absolute atomic E-state index is 12.0. The van der Waals surface area contributed by atoms with E-state index >= 15 is 0 Å². The van der Waals surface area contributed by atoms with E-state index in [1.54, 1.807) is 0 Å². The highest BCUT2D eigenvalue weighted by atomic mass is 19.4. The molecular formula is C11H7F3N2O2. The Kier molecular flexibility index (Phi) is 3.05. The first-order chi connectivity index (χ1) is 8.44. The average molecular weight is 256 g/mol. The van der Waals surface area contributed by atoms with E-state index in [2.05, 4.69) is 14.7 Å². The van der Waals surface area contributed by atoms with Crippen molar-refractivity contribution in [2.75, 3.05) is 0 Å². The predicted octanol–water partition coefficient (Wildman–Crippen LogP) is 2.34. The zero-order chi connectivity index (χ0) is 13.2. The Balaban J connectivity index is 2.36. The third kappa shape index (κ3) is 3.09. The van der Waals surface area contributed by atoms with Gasteiger partial charge in [-0.1, -0.05) is 12.1 Å². The van der Waals surface area contributed by atoms with Crippen molar-refractivity contribution in [2.45, 2.75) is 6.36 Å². The van der Waals surface area contributed by atoms with Gasteiger partial charge in [-0.05, 0) is 12.1 Å². The highest BCUT2D eigenvalue weighted by Crippen LogP contribution is 2.25. The summed E-state index contributed by atoms with van der Waals surface area (Å²) >= 11 is 0. The highest BCUT2D eigenvalue weighted by Gasteiger charge is 2.31. The van der Waals surface area contributed by atoms with Gasteiger partial charge in [0, 0.05) is 17.8 Å². The van der Waals surface area contributed by atoms with E-state index in [-0.39, 0.29) is 17.1 Å². The second-order valence-corrected chi connectivity index (χ2v) is 3.36. The molecule has 1 aromatic heterocycles. The molecule has 0 aliphatic carbocycles. The van der Waals surface area contributed by atoms with Crippen molar-refractivity contribution in [1.82, 2.24) is 9.97 Å². The second kappa shape index (κ2) is 4.52.